The maximum Gasteiger partial charge on any atom is 0.417 e. The molecular weight excluding hydrogens is 348 g/mol. The van der Waals surface area contributed by atoms with Crippen LogP contribution in [-0.2, 0) is 11.0 Å². The Hall–Kier alpha value is -0.820. The quantitative estimate of drug-likeness (QED) is 0.760. The third-order valence-electron chi connectivity index (χ3n) is 2.83. The molecule has 19 heavy (non-hydrogen) atoms. The molecule has 0 saturated carbocycles. The number of halogens is 5. The van der Waals surface area contributed by atoms with Gasteiger partial charge in [0, 0.05) is 25.0 Å². The molecule has 2 rings (SSSR count). The van der Waals surface area contributed by atoms with Crippen LogP contribution in [0, 0.1) is 5.92 Å². The molecule has 0 aliphatic carbocycles. The van der Waals surface area contributed by atoms with E-state index in [1.807, 2.05) is 0 Å². The van der Waals surface area contributed by atoms with Gasteiger partial charge in [-0.2, -0.15) is 13.2 Å². The van der Waals surface area contributed by atoms with Crippen molar-refractivity contribution < 1.29 is 18.0 Å². The number of alkyl halides is 4. The summed E-state index contributed by atoms with van der Waals surface area (Å²) in [6.07, 6.45) is -3.44. The molecule has 0 radical (unpaired) electrons. The first-order valence-corrected chi connectivity index (χ1v) is 6.74. The van der Waals surface area contributed by atoms with Crippen LogP contribution < -0.4 is 4.90 Å². The largest absolute Gasteiger partial charge is 0.417 e. The Labute approximate surface area is 120 Å². The van der Waals surface area contributed by atoms with E-state index in [0.29, 0.717) is 18.8 Å². The Bertz CT molecular complexity index is 509. The van der Waals surface area contributed by atoms with Gasteiger partial charge in [-0.05, 0) is 27.9 Å². The highest BCUT2D eigenvalue weighted by atomic mass is 79.9. The van der Waals surface area contributed by atoms with Crippen molar-refractivity contribution in [1.82, 2.24) is 4.98 Å². The first kappa shape index (κ1) is 14.6. The standard InChI is InChI=1S/C11H9BrClF3N2O/c12-8-2-7(11(14,15)16)4-17-10(8)18-5-6(3-13)1-9(18)19/h2,4,6H,1,3,5H2. The van der Waals surface area contributed by atoms with Crippen LogP contribution in [0.5, 0.6) is 0 Å². The number of rotatable bonds is 2. The summed E-state index contributed by atoms with van der Waals surface area (Å²) in [7, 11) is 0. The maximum atomic E-state index is 12.5. The number of hydrogen-bond acceptors (Lipinski definition) is 2. The Kier molecular flexibility index (Phi) is 4.06. The van der Waals surface area contributed by atoms with Crippen molar-refractivity contribution in [2.75, 3.05) is 17.3 Å². The lowest BCUT2D eigenvalue weighted by Crippen LogP contribution is -2.26. The second-order valence-electron chi connectivity index (χ2n) is 4.26. The van der Waals surface area contributed by atoms with Crippen molar-refractivity contribution in [2.24, 2.45) is 5.92 Å². The predicted octanol–water partition coefficient (Wildman–Crippen LogP) is 3.45. The molecule has 3 nitrogen and oxygen atoms in total. The zero-order valence-corrected chi connectivity index (χ0v) is 11.9. The Morgan fingerprint density at radius 1 is 1.53 bits per heavy atom. The lowest BCUT2D eigenvalue weighted by atomic mass is 10.1. The van der Waals surface area contributed by atoms with E-state index in [1.54, 1.807) is 0 Å². The van der Waals surface area contributed by atoms with Crippen molar-refractivity contribution in [1.29, 1.82) is 0 Å². The summed E-state index contributed by atoms with van der Waals surface area (Å²) in [5, 5.41) is 0. The molecule has 0 aromatic carbocycles. The van der Waals surface area contributed by atoms with Crippen LogP contribution in [0.1, 0.15) is 12.0 Å². The number of hydrogen-bond donors (Lipinski definition) is 0. The van der Waals surface area contributed by atoms with Crippen LogP contribution in [0.15, 0.2) is 16.7 Å². The highest BCUT2D eigenvalue weighted by Gasteiger charge is 2.35. The average Bonchev–Trinajstić information content (AvgIpc) is 2.69. The topological polar surface area (TPSA) is 33.2 Å². The van der Waals surface area contributed by atoms with Crippen molar-refractivity contribution in [3.8, 4) is 0 Å². The van der Waals surface area contributed by atoms with Gasteiger partial charge < -0.3 is 0 Å². The minimum absolute atomic E-state index is 0.00478. The maximum absolute atomic E-state index is 12.5. The molecule has 104 valence electrons. The molecule has 0 bridgehead atoms. The summed E-state index contributed by atoms with van der Waals surface area (Å²) in [5.74, 6) is 0.356. The number of anilines is 1. The molecule has 1 aliphatic heterocycles. The van der Waals surface area contributed by atoms with E-state index in [0.717, 1.165) is 12.3 Å². The highest BCUT2D eigenvalue weighted by molar-refractivity contribution is 9.10. The zero-order valence-electron chi connectivity index (χ0n) is 9.55. The van der Waals surface area contributed by atoms with Gasteiger partial charge in [0.25, 0.3) is 0 Å². The van der Waals surface area contributed by atoms with Crippen LogP contribution in [0.25, 0.3) is 0 Å². The SMILES string of the molecule is O=C1CC(CCl)CN1c1ncc(C(F)(F)F)cc1Br. The van der Waals surface area contributed by atoms with Gasteiger partial charge in [0.1, 0.15) is 5.82 Å². The third-order valence-corrected chi connectivity index (χ3v) is 3.85. The molecule has 1 atom stereocenters. The van der Waals surface area contributed by atoms with E-state index in [-0.39, 0.29) is 22.1 Å². The van der Waals surface area contributed by atoms with Gasteiger partial charge in [0.05, 0.1) is 10.0 Å². The number of carbonyl (C=O) groups is 1. The second-order valence-corrected chi connectivity index (χ2v) is 5.42. The molecule has 0 N–H and O–H groups in total. The van der Waals surface area contributed by atoms with E-state index in [1.165, 1.54) is 4.90 Å². The predicted molar refractivity (Wildman–Crippen MR) is 68.1 cm³/mol. The smallest absolute Gasteiger partial charge is 0.296 e. The number of pyridine rings is 1. The van der Waals surface area contributed by atoms with E-state index in [2.05, 4.69) is 20.9 Å². The zero-order chi connectivity index (χ0) is 14.2. The minimum Gasteiger partial charge on any atom is -0.296 e. The van der Waals surface area contributed by atoms with Gasteiger partial charge in [0.15, 0.2) is 0 Å². The highest BCUT2D eigenvalue weighted by Crippen LogP contribution is 2.35. The van der Waals surface area contributed by atoms with Gasteiger partial charge in [0.2, 0.25) is 5.91 Å². The van der Waals surface area contributed by atoms with E-state index in [4.69, 9.17) is 11.6 Å². The third kappa shape index (κ3) is 3.02. The average molecular weight is 358 g/mol. The molecule has 1 aromatic heterocycles. The molecular formula is C11H9BrClF3N2O. The van der Waals surface area contributed by atoms with Gasteiger partial charge in [-0.25, -0.2) is 4.98 Å². The van der Waals surface area contributed by atoms with Crippen molar-refractivity contribution in [3.63, 3.8) is 0 Å². The number of amides is 1. The van der Waals surface area contributed by atoms with Crippen LogP contribution in [-0.4, -0.2) is 23.3 Å². The molecule has 1 fully saturated rings. The molecule has 0 spiro atoms. The van der Waals surface area contributed by atoms with Crippen LogP contribution >= 0.6 is 27.5 Å². The van der Waals surface area contributed by atoms with Gasteiger partial charge >= 0.3 is 6.18 Å². The monoisotopic (exact) mass is 356 g/mol. The molecule has 2 heterocycles. The second kappa shape index (κ2) is 5.28. The molecule has 1 amide bonds. The van der Waals surface area contributed by atoms with Crippen molar-refractivity contribution in [3.05, 3.63) is 22.3 Å². The number of nitrogens with zero attached hydrogens (tertiary/aromatic N) is 2. The first-order chi connectivity index (χ1) is 8.82. The summed E-state index contributed by atoms with van der Waals surface area (Å²) >= 11 is 8.72. The molecule has 8 heteroatoms. The van der Waals surface area contributed by atoms with Crippen LogP contribution in [0.3, 0.4) is 0 Å². The summed E-state index contributed by atoms with van der Waals surface area (Å²) in [6, 6.07) is 0.920. The van der Waals surface area contributed by atoms with Crippen LogP contribution in [0.4, 0.5) is 19.0 Å². The van der Waals surface area contributed by atoms with Gasteiger partial charge in [-0.3, -0.25) is 9.69 Å². The summed E-state index contributed by atoms with van der Waals surface area (Å²) in [6.45, 7) is 0.374. The Balaban J connectivity index is 2.30. The molecule has 1 saturated heterocycles. The lowest BCUT2D eigenvalue weighted by Gasteiger charge is -2.18. The minimum atomic E-state index is -4.46. The fraction of sp³-hybridized carbons (Fsp3) is 0.455. The Morgan fingerprint density at radius 2 is 2.21 bits per heavy atom. The van der Waals surface area contributed by atoms with Crippen molar-refractivity contribution in [2.45, 2.75) is 12.6 Å². The van der Waals surface area contributed by atoms with E-state index >= 15 is 0 Å². The molecule has 1 aliphatic rings. The summed E-state index contributed by atoms with van der Waals surface area (Å²) < 4.78 is 37.7. The fourth-order valence-corrected chi connectivity index (χ4v) is 2.64. The first-order valence-electron chi connectivity index (χ1n) is 5.42. The van der Waals surface area contributed by atoms with E-state index < -0.39 is 11.7 Å². The number of carbonyl (C=O) groups excluding carboxylic acids is 1. The Morgan fingerprint density at radius 3 is 2.68 bits per heavy atom. The fourth-order valence-electron chi connectivity index (χ4n) is 1.87. The molecule has 1 aromatic rings. The van der Waals surface area contributed by atoms with Gasteiger partial charge in [-0.1, -0.05) is 0 Å². The van der Waals surface area contributed by atoms with E-state index in [9.17, 15) is 18.0 Å². The number of aromatic nitrogens is 1. The van der Waals surface area contributed by atoms with Crippen molar-refractivity contribution >= 4 is 39.3 Å². The summed E-state index contributed by atoms with van der Waals surface area (Å²) in [5.41, 5.74) is -0.858. The lowest BCUT2D eigenvalue weighted by molar-refractivity contribution is -0.137. The normalized spacial score (nSPS) is 20.2. The summed E-state index contributed by atoms with van der Waals surface area (Å²) in [4.78, 5) is 16.9. The van der Waals surface area contributed by atoms with Crippen LogP contribution in [0.2, 0.25) is 0 Å². The van der Waals surface area contributed by atoms with Gasteiger partial charge in [-0.15, -0.1) is 11.6 Å². The molecule has 1 unspecified atom stereocenters.